The smallest absolute Gasteiger partial charge is 0.226 e. The predicted molar refractivity (Wildman–Crippen MR) is 73.0 cm³/mol. The molecule has 0 saturated carbocycles. The van der Waals surface area contributed by atoms with Crippen molar-refractivity contribution < 1.29 is 21.6 Å². The van der Waals surface area contributed by atoms with Gasteiger partial charge in [0.25, 0.3) is 0 Å². The Morgan fingerprint density at radius 2 is 1.95 bits per heavy atom. The molecule has 0 aliphatic heterocycles. The van der Waals surface area contributed by atoms with Crippen molar-refractivity contribution in [2.75, 3.05) is 30.2 Å². The number of rotatable bonds is 7. The Balaban J connectivity index is 2.39. The average Bonchev–Trinajstić information content (AvgIpc) is 2.21. The third kappa shape index (κ3) is 6.99. The van der Waals surface area contributed by atoms with Crippen LogP contribution in [0.2, 0.25) is 0 Å². The molecule has 9 heteroatoms. The van der Waals surface area contributed by atoms with Gasteiger partial charge in [-0.1, -0.05) is 6.07 Å². The minimum Gasteiger partial charge on any atom is -0.492 e. The van der Waals surface area contributed by atoms with Gasteiger partial charge < -0.3 is 10.5 Å². The number of nitrogen functional groups attached to an aromatic ring is 1. The van der Waals surface area contributed by atoms with E-state index in [1.807, 2.05) is 0 Å². The molecule has 7 nitrogen and oxygen atoms in total. The van der Waals surface area contributed by atoms with Gasteiger partial charge in [-0.15, -0.1) is 0 Å². The third-order valence-electron chi connectivity index (χ3n) is 1.92. The summed E-state index contributed by atoms with van der Waals surface area (Å²) in [6.45, 7) is 0.0547. The normalized spacial score (nSPS) is 12.3. The molecule has 0 unspecified atom stereocenters. The molecule has 3 N–H and O–H groups in total. The number of benzene rings is 1. The van der Waals surface area contributed by atoms with E-state index >= 15 is 0 Å². The summed E-state index contributed by atoms with van der Waals surface area (Å²) in [7, 11) is -7.43. The minimum absolute atomic E-state index is 0.0212. The Bertz CT molecular complexity index is 625. The van der Waals surface area contributed by atoms with Crippen molar-refractivity contribution in [3.05, 3.63) is 24.3 Å². The van der Waals surface area contributed by atoms with Crippen molar-refractivity contribution >= 4 is 25.5 Å². The molecule has 108 valence electrons. The molecule has 1 aromatic carbocycles. The number of hydrogen-bond donors (Lipinski definition) is 2. The summed E-state index contributed by atoms with van der Waals surface area (Å²) in [5, 5.41) is -0.932. The van der Waals surface area contributed by atoms with Crippen molar-refractivity contribution in [2.45, 2.75) is 0 Å². The van der Waals surface area contributed by atoms with Crippen LogP contribution in [0.4, 0.5) is 5.69 Å². The Labute approximate surface area is 112 Å². The number of anilines is 1. The first kappa shape index (κ1) is 15.7. The maximum absolute atomic E-state index is 11.3. The topological polar surface area (TPSA) is 116 Å². The fourth-order valence-electron chi connectivity index (χ4n) is 1.29. The van der Waals surface area contributed by atoms with Gasteiger partial charge >= 0.3 is 0 Å². The number of sulfone groups is 1. The number of sulfonamides is 1. The molecule has 0 amide bonds. The zero-order chi connectivity index (χ0) is 14.5. The molecule has 0 radical (unpaired) electrons. The van der Waals surface area contributed by atoms with Crippen molar-refractivity contribution in [1.29, 1.82) is 0 Å². The van der Waals surface area contributed by atoms with Crippen LogP contribution in [0, 0.1) is 0 Å². The van der Waals surface area contributed by atoms with Gasteiger partial charge in [-0.2, -0.15) is 0 Å². The summed E-state index contributed by atoms with van der Waals surface area (Å²) in [5.74, 6) is 0.516. The van der Waals surface area contributed by atoms with Crippen molar-refractivity contribution in [3.63, 3.8) is 0 Å². The highest BCUT2D eigenvalue weighted by molar-refractivity contribution is 8.06. The van der Waals surface area contributed by atoms with E-state index in [-0.39, 0.29) is 13.2 Å². The molecule has 1 aromatic rings. The minimum atomic E-state index is -3.84. The van der Waals surface area contributed by atoms with E-state index < -0.39 is 24.9 Å². The van der Waals surface area contributed by atoms with Crippen LogP contribution in [0.5, 0.6) is 5.75 Å². The summed E-state index contributed by atoms with van der Waals surface area (Å²) in [6.07, 6.45) is 0.857. The number of nitrogens with one attached hydrogen (secondary N) is 1. The fourth-order valence-corrected chi connectivity index (χ4v) is 4.28. The first-order valence-electron chi connectivity index (χ1n) is 5.31. The van der Waals surface area contributed by atoms with Gasteiger partial charge in [-0.25, -0.2) is 21.6 Å². The number of hydrogen-bond acceptors (Lipinski definition) is 6. The Morgan fingerprint density at radius 1 is 1.26 bits per heavy atom. The quantitative estimate of drug-likeness (QED) is 0.521. The van der Waals surface area contributed by atoms with E-state index in [4.69, 9.17) is 10.5 Å². The van der Waals surface area contributed by atoms with E-state index in [1.165, 1.54) is 0 Å². The molecule has 1 rings (SSSR count). The van der Waals surface area contributed by atoms with Crippen LogP contribution in [0.15, 0.2) is 24.3 Å². The van der Waals surface area contributed by atoms with E-state index in [0.717, 1.165) is 6.26 Å². The second kappa shape index (κ2) is 6.22. The second-order valence-electron chi connectivity index (χ2n) is 3.97. The Hall–Kier alpha value is -1.32. The zero-order valence-electron chi connectivity index (χ0n) is 10.4. The lowest BCUT2D eigenvalue weighted by Crippen LogP contribution is -2.32. The molecule has 0 saturated heterocycles. The van der Waals surface area contributed by atoms with Gasteiger partial charge in [0, 0.05) is 24.6 Å². The molecule has 0 aromatic heterocycles. The van der Waals surface area contributed by atoms with E-state index in [2.05, 4.69) is 4.72 Å². The molecule has 0 aliphatic carbocycles. The lowest BCUT2D eigenvalue weighted by Gasteiger charge is -2.08. The molecule has 0 aliphatic rings. The standard InChI is InChI=1S/C10H16N2O5S2/c1-18(13,14)8-19(15,16)12-5-6-17-10-4-2-3-9(11)7-10/h2-4,7,12H,5-6,8,11H2,1H3. The maximum atomic E-state index is 11.3. The highest BCUT2D eigenvalue weighted by Crippen LogP contribution is 2.13. The van der Waals surface area contributed by atoms with Gasteiger partial charge in [-0.3, -0.25) is 0 Å². The van der Waals surface area contributed by atoms with Crippen LogP contribution in [0.25, 0.3) is 0 Å². The molecule has 0 bridgehead atoms. The van der Waals surface area contributed by atoms with Gasteiger partial charge in [0.15, 0.2) is 14.9 Å². The number of ether oxygens (including phenoxy) is 1. The maximum Gasteiger partial charge on any atom is 0.226 e. The summed E-state index contributed by atoms with van der Waals surface area (Å²) in [4.78, 5) is 0. The number of nitrogens with two attached hydrogens (primary N) is 1. The molecule has 0 spiro atoms. The summed E-state index contributed by atoms with van der Waals surface area (Å²) in [6, 6.07) is 6.69. The van der Waals surface area contributed by atoms with Gasteiger partial charge in [0.1, 0.15) is 12.4 Å². The van der Waals surface area contributed by atoms with Crippen molar-refractivity contribution in [2.24, 2.45) is 0 Å². The van der Waals surface area contributed by atoms with Crippen LogP contribution < -0.4 is 15.2 Å². The highest BCUT2D eigenvalue weighted by Gasteiger charge is 2.17. The zero-order valence-corrected chi connectivity index (χ0v) is 12.0. The van der Waals surface area contributed by atoms with Crippen molar-refractivity contribution in [1.82, 2.24) is 4.72 Å². The van der Waals surface area contributed by atoms with Gasteiger partial charge in [0.2, 0.25) is 10.0 Å². The molecule has 0 fully saturated rings. The van der Waals surface area contributed by atoms with Crippen molar-refractivity contribution in [3.8, 4) is 5.75 Å². The monoisotopic (exact) mass is 308 g/mol. The highest BCUT2D eigenvalue weighted by atomic mass is 32.3. The predicted octanol–water partition coefficient (Wildman–Crippen LogP) is -0.431. The Morgan fingerprint density at radius 3 is 2.53 bits per heavy atom. The van der Waals surface area contributed by atoms with Gasteiger partial charge in [-0.05, 0) is 12.1 Å². The van der Waals surface area contributed by atoms with Crippen LogP contribution in [0.1, 0.15) is 0 Å². The molecular weight excluding hydrogens is 292 g/mol. The fraction of sp³-hybridized carbons (Fsp3) is 0.400. The lowest BCUT2D eigenvalue weighted by atomic mass is 10.3. The van der Waals surface area contributed by atoms with Crippen LogP contribution in [-0.4, -0.2) is 41.3 Å². The summed E-state index contributed by atoms with van der Waals surface area (Å²) < 4.78 is 51.8. The summed E-state index contributed by atoms with van der Waals surface area (Å²) >= 11 is 0. The SMILES string of the molecule is CS(=O)(=O)CS(=O)(=O)NCCOc1cccc(N)c1. The summed E-state index contributed by atoms with van der Waals surface area (Å²) in [5.41, 5.74) is 6.08. The third-order valence-corrected chi connectivity index (χ3v) is 5.52. The molecular formula is C10H16N2O5S2. The van der Waals surface area contributed by atoms with Crippen LogP contribution in [0.3, 0.4) is 0 Å². The second-order valence-corrected chi connectivity index (χ2v) is 8.29. The molecule has 0 heterocycles. The first-order chi connectivity index (χ1) is 8.68. The molecule has 0 atom stereocenters. The van der Waals surface area contributed by atoms with E-state index in [1.54, 1.807) is 24.3 Å². The lowest BCUT2D eigenvalue weighted by molar-refractivity contribution is 0.323. The largest absolute Gasteiger partial charge is 0.492 e. The average molecular weight is 308 g/mol. The molecule has 19 heavy (non-hydrogen) atoms. The Kier molecular flexibility index (Phi) is 5.15. The van der Waals surface area contributed by atoms with Crippen LogP contribution >= 0.6 is 0 Å². The van der Waals surface area contributed by atoms with E-state index in [0.29, 0.717) is 11.4 Å². The first-order valence-corrected chi connectivity index (χ1v) is 9.03. The van der Waals surface area contributed by atoms with Crippen LogP contribution in [-0.2, 0) is 19.9 Å². The van der Waals surface area contributed by atoms with Gasteiger partial charge in [0.05, 0.1) is 0 Å². The van der Waals surface area contributed by atoms with E-state index in [9.17, 15) is 16.8 Å².